The highest BCUT2D eigenvalue weighted by Crippen LogP contribution is 2.03. The van der Waals surface area contributed by atoms with Gasteiger partial charge in [-0.15, -0.1) is 0 Å². The number of carbonyl (C=O) groups is 4. The van der Waals surface area contributed by atoms with Crippen LogP contribution in [0.25, 0.3) is 0 Å². The topological polar surface area (TPSA) is 153 Å². The zero-order valence-corrected chi connectivity index (χ0v) is 22.6. The summed E-state index contributed by atoms with van der Waals surface area (Å²) in [5, 5.41) is 10.9. The van der Waals surface area contributed by atoms with Crippen LogP contribution >= 0.6 is 0 Å². The number of ether oxygens (including phenoxy) is 4. The summed E-state index contributed by atoms with van der Waals surface area (Å²) in [7, 11) is 1.62. The van der Waals surface area contributed by atoms with E-state index in [2.05, 4.69) is 28.2 Å². The maximum atomic E-state index is 12.7. The molecule has 0 bridgehead atoms. The van der Waals surface area contributed by atoms with Crippen LogP contribution in [-0.4, -0.2) is 103 Å². The number of hydrogen-bond acceptors (Lipinski definition) is 8. The van der Waals surface area contributed by atoms with Gasteiger partial charge >= 0.3 is 0 Å². The molecule has 0 rings (SSSR count). The molecule has 0 heterocycles. The lowest BCUT2D eigenvalue weighted by molar-refractivity contribution is -0.130. The van der Waals surface area contributed by atoms with E-state index in [1.165, 1.54) is 0 Å². The van der Waals surface area contributed by atoms with Gasteiger partial charge in [-0.1, -0.05) is 19.8 Å². The number of amides is 4. The van der Waals surface area contributed by atoms with Gasteiger partial charge < -0.3 is 40.2 Å². The third kappa shape index (κ3) is 23.8. The molecular formula is C25H48N4O8. The van der Waals surface area contributed by atoms with Gasteiger partial charge in [0.15, 0.2) is 0 Å². The Hall–Kier alpha value is -2.28. The van der Waals surface area contributed by atoms with Crippen LogP contribution < -0.4 is 21.3 Å². The average molecular weight is 533 g/mol. The minimum Gasteiger partial charge on any atom is -0.382 e. The van der Waals surface area contributed by atoms with Crippen molar-refractivity contribution < 1.29 is 38.1 Å². The van der Waals surface area contributed by atoms with E-state index < -0.39 is 6.04 Å². The fraction of sp³-hybridized carbons (Fsp3) is 0.840. The van der Waals surface area contributed by atoms with Gasteiger partial charge in [0, 0.05) is 39.6 Å². The summed E-state index contributed by atoms with van der Waals surface area (Å²) in [4.78, 5) is 47.3. The van der Waals surface area contributed by atoms with Gasteiger partial charge in [0.25, 0.3) is 0 Å². The van der Waals surface area contributed by atoms with Crippen LogP contribution in [0.2, 0.25) is 0 Å². The molecule has 37 heavy (non-hydrogen) atoms. The molecule has 0 aromatic rings. The summed E-state index contributed by atoms with van der Waals surface area (Å²) in [6.45, 7) is 6.52. The van der Waals surface area contributed by atoms with Gasteiger partial charge in [-0.05, 0) is 25.7 Å². The Morgan fingerprint density at radius 3 is 2.03 bits per heavy atom. The van der Waals surface area contributed by atoms with Crippen molar-refractivity contribution in [1.29, 1.82) is 0 Å². The smallest absolute Gasteiger partial charge is 0.242 e. The number of nitrogens with one attached hydrogen (secondary N) is 4. The van der Waals surface area contributed by atoms with Crippen LogP contribution in [0.15, 0.2) is 0 Å². The van der Waals surface area contributed by atoms with E-state index in [9.17, 15) is 19.2 Å². The quantitative estimate of drug-likeness (QED) is 0.0870. The number of unbranched alkanes of at least 4 members (excludes halogenated alkanes) is 3. The van der Waals surface area contributed by atoms with Crippen LogP contribution in [0.1, 0.15) is 58.3 Å². The molecule has 0 unspecified atom stereocenters. The Bertz CT molecular complexity index is 595. The summed E-state index contributed by atoms with van der Waals surface area (Å²) in [5.74, 6) is -0.727. The molecule has 0 radical (unpaired) electrons. The molecule has 12 heteroatoms. The first-order chi connectivity index (χ1) is 18.0. The van der Waals surface area contributed by atoms with E-state index in [4.69, 9.17) is 18.9 Å². The third-order valence-electron chi connectivity index (χ3n) is 5.19. The highest BCUT2D eigenvalue weighted by Gasteiger charge is 2.21. The summed E-state index contributed by atoms with van der Waals surface area (Å²) in [5.41, 5.74) is 0. The van der Waals surface area contributed by atoms with Gasteiger partial charge in [-0.3, -0.25) is 19.2 Å². The number of hydrogen-bond donors (Lipinski definition) is 4. The second kappa shape index (κ2) is 26.8. The largest absolute Gasteiger partial charge is 0.382 e. The van der Waals surface area contributed by atoms with E-state index in [-0.39, 0.29) is 37.1 Å². The summed E-state index contributed by atoms with van der Waals surface area (Å²) in [6, 6.07) is -0.793. The van der Waals surface area contributed by atoms with Crippen LogP contribution in [-0.2, 0) is 38.1 Å². The van der Waals surface area contributed by atoms with Gasteiger partial charge in [0.1, 0.15) is 6.04 Å². The van der Waals surface area contributed by atoms with E-state index in [1.54, 1.807) is 7.11 Å². The molecule has 4 amide bonds. The van der Waals surface area contributed by atoms with Gasteiger partial charge in [0.05, 0.1) is 46.2 Å². The number of carbonyl (C=O) groups excluding carboxylic acids is 4. The zero-order valence-electron chi connectivity index (χ0n) is 22.6. The van der Waals surface area contributed by atoms with Crippen LogP contribution in [0.3, 0.4) is 0 Å². The van der Waals surface area contributed by atoms with E-state index in [0.717, 1.165) is 32.1 Å². The maximum absolute atomic E-state index is 12.7. The fourth-order valence-electron chi connectivity index (χ4n) is 3.13. The molecule has 0 spiro atoms. The minimum absolute atomic E-state index is 0.114. The molecule has 0 aliphatic carbocycles. The minimum atomic E-state index is -0.793. The van der Waals surface area contributed by atoms with E-state index >= 15 is 0 Å². The second-order valence-electron chi connectivity index (χ2n) is 8.37. The Balaban J connectivity index is 4.22. The molecule has 0 aromatic carbocycles. The molecule has 1 atom stereocenters. The Morgan fingerprint density at radius 1 is 0.730 bits per heavy atom. The first-order valence-electron chi connectivity index (χ1n) is 13.3. The van der Waals surface area contributed by atoms with Crippen LogP contribution in [0, 0.1) is 0 Å². The zero-order chi connectivity index (χ0) is 27.4. The van der Waals surface area contributed by atoms with Gasteiger partial charge in [0.2, 0.25) is 24.1 Å². The molecule has 216 valence electrons. The molecule has 0 aromatic heterocycles. The number of rotatable bonds is 27. The molecule has 0 aliphatic heterocycles. The Labute approximate surface area is 221 Å². The van der Waals surface area contributed by atoms with Gasteiger partial charge in [-0.25, -0.2) is 0 Å². The van der Waals surface area contributed by atoms with Crippen molar-refractivity contribution in [3.63, 3.8) is 0 Å². The SMILES string of the molecule is CCCCCC(=O)N[C@@H](CCC(=O)NCCCCNC=O)C(=O)NCCOCCOCCOCCOC. The first kappa shape index (κ1) is 34.7. The first-order valence-corrected chi connectivity index (χ1v) is 13.3. The molecule has 0 saturated heterocycles. The van der Waals surface area contributed by atoms with Crippen LogP contribution in [0.5, 0.6) is 0 Å². The monoisotopic (exact) mass is 532 g/mol. The molecule has 0 saturated carbocycles. The fourth-order valence-corrected chi connectivity index (χ4v) is 3.13. The predicted molar refractivity (Wildman–Crippen MR) is 139 cm³/mol. The average Bonchev–Trinajstić information content (AvgIpc) is 2.89. The van der Waals surface area contributed by atoms with Crippen molar-refractivity contribution in [3.05, 3.63) is 0 Å². The van der Waals surface area contributed by atoms with E-state index in [0.29, 0.717) is 72.2 Å². The highest BCUT2D eigenvalue weighted by molar-refractivity contribution is 5.88. The van der Waals surface area contributed by atoms with Gasteiger partial charge in [-0.2, -0.15) is 0 Å². The lowest BCUT2D eigenvalue weighted by atomic mass is 10.1. The molecular weight excluding hydrogens is 484 g/mol. The Kier molecular flexibility index (Phi) is 25.1. The van der Waals surface area contributed by atoms with Crippen molar-refractivity contribution in [2.45, 2.75) is 64.3 Å². The standard InChI is InChI=1S/C25H48N4O8/c1-3-4-5-8-24(32)29-22(9-10-23(31)27-12-7-6-11-26-21-30)25(33)28-13-14-35-17-18-37-20-19-36-16-15-34-2/h21-22H,3-20H2,1-2H3,(H,26,30)(H,27,31)(H,28,33)(H,29,32)/t22-/m0/s1. The van der Waals surface area contributed by atoms with Crippen molar-refractivity contribution in [2.24, 2.45) is 0 Å². The maximum Gasteiger partial charge on any atom is 0.242 e. The summed E-state index contributed by atoms with van der Waals surface area (Å²) in [6.07, 6.45) is 5.49. The molecule has 12 nitrogen and oxygen atoms in total. The lowest BCUT2D eigenvalue weighted by Crippen LogP contribution is -2.48. The summed E-state index contributed by atoms with van der Waals surface area (Å²) < 4.78 is 21.0. The van der Waals surface area contributed by atoms with Crippen molar-refractivity contribution in [1.82, 2.24) is 21.3 Å². The van der Waals surface area contributed by atoms with E-state index in [1.807, 2.05) is 0 Å². The van der Waals surface area contributed by atoms with Crippen molar-refractivity contribution in [2.75, 3.05) is 73.0 Å². The van der Waals surface area contributed by atoms with Crippen molar-refractivity contribution >= 4 is 24.1 Å². The van der Waals surface area contributed by atoms with Crippen LogP contribution in [0.4, 0.5) is 0 Å². The third-order valence-corrected chi connectivity index (χ3v) is 5.19. The molecule has 0 fully saturated rings. The highest BCUT2D eigenvalue weighted by atomic mass is 16.6. The predicted octanol–water partition coefficient (Wildman–Crippen LogP) is 0.287. The van der Waals surface area contributed by atoms with Crippen molar-refractivity contribution in [3.8, 4) is 0 Å². The Morgan fingerprint density at radius 2 is 1.38 bits per heavy atom. The molecule has 0 aliphatic rings. The summed E-state index contributed by atoms with van der Waals surface area (Å²) >= 11 is 0. The number of methoxy groups -OCH3 is 1. The molecule has 4 N–H and O–H groups in total. The lowest BCUT2D eigenvalue weighted by Gasteiger charge is -2.18. The second-order valence-corrected chi connectivity index (χ2v) is 8.37. The normalized spacial score (nSPS) is 11.5.